The van der Waals surface area contributed by atoms with E-state index in [2.05, 4.69) is 26.1 Å². The van der Waals surface area contributed by atoms with E-state index in [-0.39, 0.29) is 16.2 Å². The van der Waals surface area contributed by atoms with Crippen LogP contribution in [0.4, 0.5) is 0 Å². The summed E-state index contributed by atoms with van der Waals surface area (Å²) >= 11 is 0. The van der Waals surface area contributed by atoms with Crippen LogP contribution in [-0.2, 0) is 20.3 Å². The third-order valence-corrected chi connectivity index (χ3v) is 4.03. The molecule has 0 aliphatic heterocycles. The van der Waals surface area contributed by atoms with Gasteiger partial charge in [0.25, 0.3) is 9.05 Å². The van der Waals surface area contributed by atoms with E-state index in [1.54, 1.807) is 12.1 Å². The van der Waals surface area contributed by atoms with Crippen LogP contribution in [0.25, 0.3) is 0 Å². The summed E-state index contributed by atoms with van der Waals surface area (Å²) < 4.78 is 22.2. The van der Waals surface area contributed by atoms with Gasteiger partial charge < -0.3 is 5.32 Å². The van der Waals surface area contributed by atoms with Crippen LogP contribution >= 0.6 is 10.7 Å². The van der Waals surface area contributed by atoms with Crippen molar-refractivity contribution in [3.63, 3.8) is 0 Å². The Morgan fingerprint density at radius 3 is 2.20 bits per heavy atom. The highest BCUT2D eigenvalue weighted by Crippen LogP contribution is 2.16. The number of hydrogen-bond acceptors (Lipinski definition) is 3. The SMILES string of the molecule is CC(C)(C)CNC(=O)CCc1ccc(S(=O)(=O)Cl)cc1. The van der Waals surface area contributed by atoms with Crippen molar-refractivity contribution in [2.75, 3.05) is 6.54 Å². The van der Waals surface area contributed by atoms with E-state index in [0.717, 1.165) is 5.56 Å². The molecule has 0 aromatic heterocycles. The fourth-order valence-corrected chi connectivity index (χ4v) is 2.30. The zero-order valence-electron chi connectivity index (χ0n) is 11.9. The van der Waals surface area contributed by atoms with Crippen LogP contribution < -0.4 is 5.32 Å². The van der Waals surface area contributed by atoms with E-state index < -0.39 is 9.05 Å². The van der Waals surface area contributed by atoms with Crippen LogP contribution in [0.5, 0.6) is 0 Å². The van der Waals surface area contributed by atoms with Gasteiger partial charge in [-0.15, -0.1) is 0 Å². The van der Waals surface area contributed by atoms with Crippen LogP contribution in [0.1, 0.15) is 32.8 Å². The van der Waals surface area contributed by atoms with Gasteiger partial charge in [-0.3, -0.25) is 4.79 Å². The van der Waals surface area contributed by atoms with Gasteiger partial charge in [0.1, 0.15) is 0 Å². The highest BCUT2D eigenvalue weighted by atomic mass is 35.7. The van der Waals surface area contributed by atoms with Crippen molar-refractivity contribution in [2.45, 2.75) is 38.5 Å². The van der Waals surface area contributed by atoms with Gasteiger partial charge in [-0.1, -0.05) is 32.9 Å². The maximum Gasteiger partial charge on any atom is 0.261 e. The van der Waals surface area contributed by atoms with Gasteiger partial charge in [0.05, 0.1) is 4.90 Å². The first-order valence-corrected chi connectivity index (χ1v) is 8.69. The number of halogens is 1. The van der Waals surface area contributed by atoms with Gasteiger partial charge in [-0.05, 0) is 29.5 Å². The Balaban J connectivity index is 2.48. The number of hydrogen-bond donors (Lipinski definition) is 1. The Kier molecular flexibility index (Phi) is 5.59. The van der Waals surface area contributed by atoms with Crippen molar-refractivity contribution in [3.8, 4) is 0 Å². The van der Waals surface area contributed by atoms with E-state index in [4.69, 9.17) is 10.7 Å². The summed E-state index contributed by atoms with van der Waals surface area (Å²) in [5.41, 5.74) is 0.964. The molecular weight excluding hydrogens is 298 g/mol. The predicted molar refractivity (Wildman–Crippen MR) is 80.3 cm³/mol. The molecule has 0 bridgehead atoms. The minimum Gasteiger partial charge on any atom is -0.356 e. The third kappa shape index (κ3) is 6.39. The Labute approximate surface area is 124 Å². The molecule has 0 aliphatic rings. The van der Waals surface area contributed by atoms with Gasteiger partial charge in [-0.25, -0.2) is 8.42 Å². The molecule has 0 unspecified atom stereocenters. The molecule has 0 fully saturated rings. The Morgan fingerprint density at radius 1 is 1.20 bits per heavy atom. The minimum absolute atomic E-state index is 0.00559. The molecular formula is C14H20ClNO3S. The Morgan fingerprint density at radius 2 is 1.75 bits per heavy atom. The normalized spacial score (nSPS) is 12.2. The molecule has 0 saturated heterocycles. The van der Waals surface area contributed by atoms with E-state index in [1.165, 1.54) is 12.1 Å². The number of nitrogens with one attached hydrogen (secondary N) is 1. The van der Waals surface area contributed by atoms with Gasteiger partial charge in [0.15, 0.2) is 0 Å². The monoisotopic (exact) mass is 317 g/mol. The van der Waals surface area contributed by atoms with Gasteiger partial charge in [-0.2, -0.15) is 0 Å². The van der Waals surface area contributed by atoms with Gasteiger partial charge >= 0.3 is 0 Å². The Bertz CT molecular complexity index is 559. The summed E-state index contributed by atoms with van der Waals surface area (Å²) in [4.78, 5) is 11.7. The quantitative estimate of drug-likeness (QED) is 0.849. The maximum atomic E-state index is 11.7. The largest absolute Gasteiger partial charge is 0.356 e. The molecule has 1 rings (SSSR count). The second kappa shape index (κ2) is 6.59. The highest BCUT2D eigenvalue weighted by Gasteiger charge is 2.12. The highest BCUT2D eigenvalue weighted by molar-refractivity contribution is 8.13. The van der Waals surface area contributed by atoms with Crippen molar-refractivity contribution in [1.29, 1.82) is 0 Å². The van der Waals surface area contributed by atoms with Crippen LogP contribution in [0, 0.1) is 5.41 Å². The summed E-state index contributed by atoms with van der Waals surface area (Å²) in [5, 5.41) is 2.87. The molecule has 112 valence electrons. The van der Waals surface area contributed by atoms with Gasteiger partial charge in [0.2, 0.25) is 5.91 Å². The lowest BCUT2D eigenvalue weighted by Crippen LogP contribution is -2.32. The van der Waals surface area contributed by atoms with Crippen molar-refractivity contribution in [3.05, 3.63) is 29.8 Å². The number of amides is 1. The molecule has 4 nitrogen and oxygen atoms in total. The van der Waals surface area contributed by atoms with E-state index in [9.17, 15) is 13.2 Å². The molecule has 1 N–H and O–H groups in total. The lowest BCUT2D eigenvalue weighted by Gasteiger charge is -2.18. The first kappa shape index (κ1) is 17.0. The van der Waals surface area contributed by atoms with E-state index in [1.807, 2.05) is 0 Å². The average Bonchev–Trinajstić information content (AvgIpc) is 2.32. The summed E-state index contributed by atoms with van der Waals surface area (Å²) in [6.45, 7) is 6.80. The maximum absolute atomic E-state index is 11.7. The molecule has 0 spiro atoms. The molecule has 0 radical (unpaired) electrons. The summed E-state index contributed by atoms with van der Waals surface area (Å²) in [7, 11) is 1.55. The van der Waals surface area contributed by atoms with Crippen LogP contribution in [0.2, 0.25) is 0 Å². The number of benzene rings is 1. The van der Waals surface area contributed by atoms with E-state index >= 15 is 0 Å². The lowest BCUT2D eigenvalue weighted by atomic mass is 9.97. The number of aryl methyl sites for hydroxylation is 1. The molecule has 0 saturated carbocycles. The predicted octanol–water partition coefficient (Wildman–Crippen LogP) is 2.71. The lowest BCUT2D eigenvalue weighted by molar-refractivity contribution is -0.121. The fourth-order valence-electron chi connectivity index (χ4n) is 1.53. The average molecular weight is 318 g/mol. The van der Waals surface area contributed by atoms with Crippen LogP contribution in [0.15, 0.2) is 29.2 Å². The zero-order valence-corrected chi connectivity index (χ0v) is 13.5. The molecule has 6 heteroatoms. The third-order valence-electron chi connectivity index (χ3n) is 2.66. The van der Waals surface area contributed by atoms with Gasteiger partial charge in [0, 0.05) is 23.6 Å². The molecule has 20 heavy (non-hydrogen) atoms. The Hall–Kier alpha value is -1.07. The first-order valence-electron chi connectivity index (χ1n) is 6.38. The number of carbonyl (C=O) groups is 1. The molecule has 0 heterocycles. The summed E-state index contributed by atoms with van der Waals surface area (Å²) in [6.07, 6.45) is 0.946. The molecule has 1 amide bonds. The smallest absolute Gasteiger partial charge is 0.261 e. The second-order valence-corrected chi connectivity index (χ2v) is 8.49. The first-order chi connectivity index (χ1) is 9.08. The second-order valence-electron chi connectivity index (χ2n) is 5.92. The molecule has 0 atom stereocenters. The fraction of sp³-hybridized carbons (Fsp3) is 0.500. The van der Waals surface area contributed by atoms with E-state index in [0.29, 0.717) is 19.4 Å². The minimum atomic E-state index is -3.68. The molecule has 1 aromatic rings. The molecule has 0 aliphatic carbocycles. The topological polar surface area (TPSA) is 63.2 Å². The molecule has 1 aromatic carbocycles. The standard InChI is InChI=1S/C14H20ClNO3S/c1-14(2,3)10-16-13(17)9-6-11-4-7-12(8-5-11)20(15,18)19/h4-5,7-8H,6,9-10H2,1-3H3,(H,16,17). The van der Waals surface area contributed by atoms with Crippen molar-refractivity contribution in [2.24, 2.45) is 5.41 Å². The van der Waals surface area contributed by atoms with Crippen molar-refractivity contribution in [1.82, 2.24) is 5.32 Å². The summed E-state index contributed by atoms with van der Waals surface area (Å²) in [5.74, 6) is -0.00559. The van der Waals surface area contributed by atoms with Crippen LogP contribution in [-0.4, -0.2) is 20.9 Å². The number of rotatable bonds is 5. The summed E-state index contributed by atoms with van der Waals surface area (Å²) in [6, 6.07) is 6.24. The van der Waals surface area contributed by atoms with Crippen LogP contribution in [0.3, 0.4) is 0 Å². The number of carbonyl (C=O) groups excluding carboxylic acids is 1. The van der Waals surface area contributed by atoms with Crippen molar-refractivity contribution >= 4 is 25.6 Å². The van der Waals surface area contributed by atoms with Crippen molar-refractivity contribution < 1.29 is 13.2 Å². The zero-order chi connectivity index (χ0) is 15.4.